The number of nitrogens with two attached hydrogens (primary N) is 1. The molecule has 1 amide bonds. The molecule has 0 aliphatic rings. The van der Waals surface area contributed by atoms with Crippen molar-refractivity contribution in [1.82, 2.24) is 9.88 Å². The smallest absolute Gasteiger partial charge is 0.272 e. The number of benzene rings is 1. The van der Waals surface area contributed by atoms with E-state index < -0.39 is 0 Å². The predicted octanol–water partition coefficient (Wildman–Crippen LogP) is 2.05. The van der Waals surface area contributed by atoms with Crippen molar-refractivity contribution in [3.05, 3.63) is 36.0 Å². The Morgan fingerprint density at radius 2 is 2.20 bits per heavy atom. The van der Waals surface area contributed by atoms with Crippen LogP contribution < -0.4 is 5.73 Å². The zero-order valence-corrected chi connectivity index (χ0v) is 11.5. The first-order valence-corrected chi connectivity index (χ1v) is 6.33. The number of nitrogens with zero attached hydrogens (tertiary/aromatic N) is 3. The van der Waals surface area contributed by atoms with E-state index in [0.29, 0.717) is 18.1 Å². The molecule has 2 N–H and O–H groups in total. The van der Waals surface area contributed by atoms with Gasteiger partial charge in [-0.2, -0.15) is 5.26 Å². The number of nitriles is 1. The highest BCUT2D eigenvalue weighted by atomic mass is 16.2. The minimum Gasteiger partial charge on any atom is -0.383 e. The SMILES string of the molecule is CC(C#N)CN(C)C(=O)c1cc2ccccc2c(N)n1. The van der Waals surface area contributed by atoms with Gasteiger partial charge in [-0.1, -0.05) is 24.3 Å². The van der Waals surface area contributed by atoms with Gasteiger partial charge in [-0.3, -0.25) is 4.79 Å². The first-order valence-electron chi connectivity index (χ1n) is 6.33. The Kier molecular flexibility index (Phi) is 3.85. The number of carbonyl (C=O) groups excluding carboxylic acids is 1. The average molecular weight is 268 g/mol. The maximum Gasteiger partial charge on any atom is 0.272 e. The van der Waals surface area contributed by atoms with E-state index in [0.717, 1.165) is 10.8 Å². The highest BCUT2D eigenvalue weighted by Crippen LogP contribution is 2.20. The Labute approximate surface area is 117 Å². The largest absolute Gasteiger partial charge is 0.383 e. The number of aromatic nitrogens is 1. The Balaban J connectivity index is 2.33. The van der Waals surface area contributed by atoms with E-state index in [2.05, 4.69) is 11.1 Å². The summed E-state index contributed by atoms with van der Waals surface area (Å²) in [5.41, 5.74) is 6.19. The van der Waals surface area contributed by atoms with Gasteiger partial charge in [-0.15, -0.1) is 0 Å². The quantitative estimate of drug-likeness (QED) is 0.923. The molecule has 20 heavy (non-hydrogen) atoms. The van der Waals surface area contributed by atoms with Crippen LogP contribution in [0.25, 0.3) is 10.8 Å². The van der Waals surface area contributed by atoms with Crippen LogP contribution in [0.15, 0.2) is 30.3 Å². The normalized spacial score (nSPS) is 11.8. The number of rotatable bonds is 3. The number of hydrogen-bond acceptors (Lipinski definition) is 4. The number of anilines is 1. The van der Waals surface area contributed by atoms with E-state index in [1.807, 2.05) is 24.3 Å². The highest BCUT2D eigenvalue weighted by molar-refractivity contribution is 5.99. The van der Waals surface area contributed by atoms with Crippen molar-refractivity contribution in [2.45, 2.75) is 6.92 Å². The predicted molar refractivity (Wildman–Crippen MR) is 77.9 cm³/mol. The molecule has 1 heterocycles. The topological polar surface area (TPSA) is 83.0 Å². The second kappa shape index (κ2) is 5.57. The van der Waals surface area contributed by atoms with Gasteiger partial charge in [0.1, 0.15) is 11.5 Å². The Hall–Kier alpha value is -2.61. The summed E-state index contributed by atoms with van der Waals surface area (Å²) in [6.07, 6.45) is 0. The number of carbonyl (C=O) groups is 1. The van der Waals surface area contributed by atoms with Crippen molar-refractivity contribution in [2.24, 2.45) is 5.92 Å². The maximum absolute atomic E-state index is 12.3. The van der Waals surface area contributed by atoms with Crippen LogP contribution in [0.2, 0.25) is 0 Å². The number of pyridine rings is 1. The summed E-state index contributed by atoms with van der Waals surface area (Å²) in [5.74, 6) is -0.112. The molecule has 0 radical (unpaired) electrons. The molecule has 1 aromatic carbocycles. The third-order valence-corrected chi connectivity index (χ3v) is 3.10. The van der Waals surface area contributed by atoms with Crippen molar-refractivity contribution in [3.63, 3.8) is 0 Å². The molecule has 1 atom stereocenters. The van der Waals surface area contributed by atoms with Crippen LogP contribution >= 0.6 is 0 Å². The summed E-state index contributed by atoms with van der Waals surface area (Å²) in [6.45, 7) is 2.13. The summed E-state index contributed by atoms with van der Waals surface area (Å²) in [4.78, 5) is 17.9. The van der Waals surface area contributed by atoms with E-state index in [1.54, 1.807) is 20.0 Å². The lowest BCUT2D eigenvalue weighted by Crippen LogP contribution is -2.31. The van der Waals surface area contributed by atoms with Gasteiger partial charge in [0.2, 0.25) is 0 Å². The standard InChI is InChI=1S/C15H16N4O/c1-10(8-16)9-19(2)15(20)13-7-11-5-3-4-6-12(11)14(17)18-13/h3-7,10H,9H2,1-2H3,(H2,17,18). The van der Waals surface area contributed by atoms with Crippen LogP contribution in [0, 0.1) is 17.2 Å². The zero-order valence-electron chi connectivity index (χ0n) is 11.5. The molecule has 0 fully saturated rings. The Morgan fingerprint density at radius 1 is 1.50 bits per heavy atom. The molecule has 0 saturated carbocycles. The molecule has 0 aliphatic heterocycles. The van der Waals surface area contributed by atoms with Gasteiger partial charge in [-0.05, 0) is 18.4 Å². The van der Waals surface area contributed by atoms with Gasteiger partial charge in [0, 0.05) is 19.0 Å². The second-order valence-corrected chi connectivity index (χ2v) is 4.83. The fourth-order valence-corrected chi connectivity index (χ4v) is 2.07. The van der Waals surface area contributed by atoms with Gasteiger partial charge in [0.05, 0.1) is 12.0 Å². The molecule has 1 unspecified atom stereocenters. The van der Waals surface area contributed by atoms with Crippen molar-refractivity contribution < 1.29 is 4.79 Å². The lowest BCUT2D eigenvalue weighted by Gasteiger charge is -2.18. The lowest BCUT2D eigenvalue weighted by atomic mass is 10.1. The molecule has 0 aliphatic carbocycles. The van der Waals surface area contributed by atoms with Gasteiger partial charge >= 0.3 is 0 Å². The van der Waals surface area contributed by atoms with Gasteiger partial charge in [0.15, 0.2) is 0 Å². The van der Waals surface area contributed by atoms with E-state index in [9.17, 15) is 4.79 Å². The van der Waals surface area contributed by atoms with Gasteiger partial charge in [-0.25, -0.2) is 4.98 Å². The number of nitrogen functional groups attached to an aromatic ring is 1. The highest BCUT2D eigenvalue weighted by Gasteiger charge is 2.17. The van der Waals surface area contributed by atoms with Crippen molar-refractivity contribution >= 4 is 22.5 Å². The molecule has 2 rings (SSSR count). The summed E-state index contributed by atoms with van der Waals surface area (Å²) >= 11 is 0. The number of amides is 1. The lowest BCUT2D eigenvalue weighted by molar-refractivity contribution is 0.0779. The molecule has 1 aromatic heterocycles. The van der Waals surface area contributed by atoms with Crippen LogP contribution in [-0.2, 0) is 0 Å². The minimum absolute atomic E-state index is 0.221. The molecule has 5 heteroatoms. The van der Waals surface area contributed by atoms with E-state index in [-0.39, 0.29) is 11.8 Å². The van der Waals surface area contributed by atoms with Crippen LogP contribution in [0.3, 0.4) is 0 Å². The molecular formula is C15H16N4O. The van der Waals surface area contributed by atoms with Crippen LogP contribution in [0.4, 0.5) is 5.82 Å². The molecule has 2 aromatic rings. The molecule has 0 spiro atoms. The fraction of sp³-hybridized carbons (Fsp3) is 0.267. The number of fused-ring (bicyclic) bond motifs is 1. The summed E-state index contributed by atoms with van der Waals surface area (Å²) in [7, 11) is 1.66. The average Bonchev–Trinajstić information content (AvgIpc) is 2.46. The fourth-order valence-electron chi connectivity index (χ4n) is 2.07. The monoisotopic (exact) mass is 268 g/mol. The van der Waals surface area contributed by atoms with Gasteiger partial charge < -0.3 is 10.6 Å². The van der Waals surface area contributed by atoms with Gasteiger partial charge in [0.25, 0.3) is 5.91 Å². The molecule has 0 saturated heterocycles. The second-order valence-electron chi connectivity index (χ2n) is 4.83. The van der Waals surface area contributed by atoms with E-state index in [4.69, 9.17) is 11.0 Å². The zero-order chi connectivity index (χ0) is 14.7. The first kappa shape index (κ1) is 13.8. The van der Waals surface area contributed by atoms with Crippen molar-refractivity contribution in [3.8, 4) is 6.07 Å². The maximum atomic E-state index is 12.3. The minimum atomic E-state index is -0.232. The number of hydrogen-bond donors (Lipinski definition) is 1. The van der Waals surface area contributed by atoms with E-state index >= 15 is 0 Å². The van der Waals surface area contributed by atoms with E-state index in [1.165, 1.54) is 4.90 Å². The molecule has 102 valence electrons. The third-order valence-electron chi connectivity index (χ3n) is 3.10. The van der Waals surface area contributed by atoms with Crippen molar-refractivity contribution in [2.75, 3.05) is 19.3 Å². The molecule has 0 bridgehead atoms. The van der Waals surface area contributed by atoms with Crippen LogP contribution in [0.5, 0.6) is 0 Å². The summed E-state index contributed by atoms with van der Waals surface area (Å²) in [5, 5.41) is 10.5. The Bertz CT molecular complexity index is 690. The first-order chi connectivity index (χ1) is 9.52. The van der Waals surface area contributed by atoms with Crippen LogP contribution in [-0.4, -0.2) is 29.4 Å². The third kappa shape index (κ3) is 2.69. The van der Waals surface area contributed by atoms with Crippen molar-refractivity contribution in [1.29, 1.82) is 5.26 Å². The summed E-state index contributed by atoms with van der Waals surface area (Å²) in [6, 6.07) is 11.4. The summed E-state index contributed by atoms with van der Waals surface area (Å²) < 4.78 is 0. The molecule has 5 nitrogen and oxygen atoms in total. The van der Waals surface area contributed by atoms with Crippen LogP contribution in [0.1, 0.15) is 17.4 Å². The Morgan fingerprint density at radius 3 is 2.90 bits per heavy atom. The molecular weight excluding hydrogens is 252 g/mol.